The largest absolute Gasteiger partial charge is 0.368 e. The number of nitro benzene ring substituents is 1. The van der Waals surface area contributed by atoms with Crippen LogP contribution in [0.3, 0.4) is 0 Å². The van der Waals surface area contributed by atoms with Crippen molar-refractivity contribution in [2.24, 2.45) is 0 Å². The van der Waals surface area contributed by atoms with E-state index in [9.17, 15) is 14.9 Å². The summed E-state index contributed by atoms with van der Waals surface area (Å²) in [6.45, 7) is 3.74. The van der Waals surface area contributed by atoms with Gasteiger partial charge in [-0.3, -0.25) is 14.9 Å². The highest BCUT2D eigenvalue weighted by atomic mass is 35.5. The van der Waals surface area contributed by atoms with Crippen LogP contribution in [0.4, 0.5) is 17.1 Å². The Morgan fingerprint density at radius 1 is 1.15 bits per heavy atom. The van der Waals surface area contributed by atoms with E-state index in [2.05, 4.69) is 22.2 Å². The standard InChI is InChI=1S/C18H19ClN4O3/c1-21-7-9-22(10-8-21)17-6-5-14(12-16(17)19)20-18(24)13-3-2-4-15(11-13)23(25)26/h2-6,11-12H,7-10H2,1H3,(H,20,24). The second-order valence-corrected chi connectivity index (χ2v) is 6.63. The molecule has 0 spiro atoms. The number of non-ortho nitro benzene ring substituents is 1. The van der Waals surface area contributed by atoms with Crippen molar-refractivity contribution in [3.63, 3.8) is 0 Å². The molecule has 1 saturated heterocycles. The molecule has 1 aliphatic heterocycles. The average Bonchev–Trinajstić information content (AvgIpc) is 2.63. The molecule has 0 aromatic heterocycles. The second-order valence-electron chi connectivity index (χ2n) is 6.22. The van der Waals surface area contributed by atoms with E-state index in [-0.39, 0.29) is 11.3 Å². The minimum Gasteiger partial charge on any atom is -0.368 e. The molecule has 1 heterocycles. The lowest BCUT2D eigenvalue weighted by atomic mass is 10.1. The Morgan fingerprint density at radius 3 is 2.54 bits per heavy atom. The molecular formula is C18H19ClN4O3. The summed E-state index contributed by atoms with van der Waals surface area (Å²) in [5.41, 5.74) is 1.58. The summed E-state index contributed by atoms with van der Waals surface area (Å²) in [7, 11) is 2.09. The lowest BCUT2D eigenvalue weighted by Gasteiger charge is -2.34. The molecule has 1 aliphatic rings. The Balaban J connectivity index is 1.72. The number of nitrogens with one attached hydrogen (secondary N) is 1. The minimum absolute atomic E-state index is 0.124. The Labute approximate surface area is 156 Å². The maximum absolute atomic E-state index is 12.3. The summed E-state index contributed by atoms with van der Waals surface area (Å²) in [5.74, 6) is -0.419. The highest BCUT2D eigenvalue weighted by molar-refractivity contribution is 6.33. The molecule has 3 rings (SSSR count). The van der Waals surface area contributed by atoms with Crippen LogP contribution in [0, 0.1) is 10.1 Å². The summed E-state index contributed by atoms with van der Waals surface area (Å²) < 4.78 is 0. The second kappa shape index (κ2) is 7.72. The van der Waals surface area contributed by atoms with Crippen LogP contribution in [0.2, 0.25) is 5.02 Å². The molecule has 1 fully saturated rings. The van der Waals surface area contributed by atoms with Gasteiger partial charge < -0.3 is 15.1 Å². The maximum Gasteiger partial charge on any atom is 0.270 e. The van der Waals surface area contributed by atoms with Crippen LogP contribution in [0.1, 0.15) is 10.4 Å². The molecule has 136 valence electrons. The Hall–Kier alpha value is -2.64. The predicted octanol–water partition coefficient (Wildman–Crippen LogP) is 3.25. The number of amides is 1. The lowest BCUT2D eigenvalue weighted by Crippen LogP contribution is -2.44. The summed E-state index contributed by atoms with van der Waals surface area (Å²) in [6.07, 6.45) is 0. The van der Waals surface area contributed by atoms with Crippen LogP contribution >= 0.6 is 11.6 Å². The van der Waals surface area contributed by atoms with Gasteiger partial charge in [0.15, 0.2) is 0 Å². The Bertz CT molecular complexity index is 835. The van der Waals surface area contributed by atoms with E-state index < -0.39 is 10.8 Å². The van der Waals surface area contributed by atoms with Crippen LogP contribution in [-0.4, -0.2) is 49.0 Å². The third kappa shape index (κ3) is 4.12. The first-order valence-electron chi connectivity index (χ1n) is 8.23. The van der Waals surface area contributed by atoms with E-state index in [1.165, 1.54) is 24.3 Å². The SMILES string of the molecule is CN1CCN(c2ccc(NC(=O)c3cccc([N+](=O)[O-])c3)cc2Cl)CC1. The zero-order valence-corrected chi connectivity index (χ0v) is 15.1. The molecule has 0 unspecified atom stereocenters. The number of hydrogen-bond acceptors (Lipinski definition) is 5. The van der Waals surface area contributed by atoms with Gasteiger partial charge in [-0.05, 0) is 31.3 Å². The number of hydrogen-bond donors (Lipinski definition) is 1. The molecule has 0 atom stereocenters. The van der Waals surface area contributed by atoms with Gasteiger partial charge in [0.25, 0.3) is 11.6 Å². The van der Waals surface area contributed by atoms with Gasteiger partial charge in [0.1, 0.15) is 0 Å². The van der Waals surface area contributed by atoms with Crippen LogP contribution in [0.25, 0.3) is 0 Å². The van der Waals surface area contributed by atoms with Gasteiger partial charge in [0.2, 0.25) is 0 Å². The number of carbonyl (C=O) groups excluding carboxylic acids is 1. The van der Waals surface area contributed by atoms with Crippen LogP contribution in [0.5, 0.6) is 0 Å². The van der Waals surface area contributed by atoms with Crippen molar-refractivity contribution in [3.8, 4) is 0 Å². The molecule has 0 bridgehead atoms. The number of nitro groups is 1. The van der Waals surface area contributed by atoms with Crippen molar-refractivity contribution in [1.29, 1.82) is 0 Å². The maximum atomic E-state index is 12.3. The molecule has 0 radical (unpaired) electrons. The van der Waals surface area contributed by atoms with Crippen molar-refractivity contribution in [1.82, 2.24) is 4.90 Å². The fourth-order valence-electron chi connectivity index (χ4n) is 2.85. The van der Waals surface area contributed by atoms with Gasteiger partial charge >= 0.3 is 0 Å². The van der Waals surface area contributed by atoms with E-state index in [1.807, 2.05) is 6.07 Å². The third-order valence-corrected chi connectivity index (χ3v) is 4.67. The number of nitrogens with zero attached hydrogens (tertiary/aromatic N) is 3. The molecule has 1 amide bonds. The number of likely N-dealkylation sites (N-methyl/N-ethyl adjacent to an activating group) is 1. The smallest absolute Gasteiger partial charge is 0.270 e. The first kappa shape index (κ1) is 18.2. The third-order valence-electron chi connectivity index (χ3n) is 4.37. The highest BCUT2D eigenvalue weighted by Crippen LogP contribution is 2.30. The Morgan fingerprint density at radius 2 is 1.88 bits per heavy atom. The fraction of sp³-hybridized carbons (Fsp3) is 0.278. The van der Waals surface area contributed by atoms with E-state index in [0.717, 1.165) is 31.9 Å². The number of anilines is 2. The van der Waals surface area contributed by atoms with Gasteiger partial charge in [0, 0.05) is 49.6 Å². The van der Waals surface area contributed by atoms with E-state index in [0.29, 0.717) is 10.7 Å². The average molecular weight is 375 g/mol. The van der Waals surface area contributed by atoms with Gasteiger partial charge in [0.05, 0.1) is 15.6 Å². The zero-order chi connectivity index (χ0) is 18.7. The van der Waals surface area contributed by atoms with Crippen LogP contribution in [0.15, 0.2) is 42.5 Å². The molecule has 26 heavy (non-hydrogen) atoms. The van der Waals surface area contributed by atoms with Crippen LogP contribution in [-0.2, 0) is 0 Å². The Kier molecular flexibility index (Phi) is 5.39. The van der Waals surface area contributed by atoms with E-state index in [4.69, 9.17) is 11.6 Å². The van der Waals surface area contributed by atoms with Crippen molar-refractivity contribution >= 4 is 34.6 Å². The number of halogens is 1. The summed E-state index contributed by atoms with van der Waals surface area (Å²) in [4.78, 5) is 27.1. The summed E-state index contributed by atoms with van der Waals surface area (Å²) in [6, 6.07) is 11.0. The molecule has 7 nitrogen and oxygen atoms in total. The van der Waals surface area contributed by atoms with Gasteiger partial charge in [-0.15, -0.1) is 0 Å². The molecule has 0 aliphatic carbocycles. The predicted molar refractivity (Wildman–Crippen MR) is 102 cm³/mol. The first-order chi connectivity index (χ1) is 12.4. The zero-order valence-electron chi connectivity index (χ0n) is 14.3. The van der Waals surface area contributed by atoms with Crippen LogP contribution < -0.4 is 10.2 Å². The summed E-state index contributed by atoms with van der Waals surface area (Å²) in [5, 5.41) is 14.1. The monoisotopic (exact) mass is 374 g/mol. The van der Waals surface area contributed by atoms with Crippen molar-refractivity contribution in [2.75, 3.05) is 43.4 Å². The first-order valence-corrected chi connectivity index (χ1v) is 8.60. The van der Waals surface area contributed by atoms with Gasteiger partial charge in [-0.25, -0.2) is 0 Å². The number of benzene rings is 2. The molecule has 2 aromatic rings. The molecule has 2 aromatic carbocycles. The highest BCUT2D eigenvalue weighted by Gasteiger charge is 2.17. The van der Waals surface area contributed by atoms with E-state index in [1.54, 1.807) is 12.1 Å². The molecule has 8 heteroatoms. The number of rotatable bonds is 4. The van der Waals surface area contributed by atoms with Crippen molar-refractivity contribution in [2.45, 2.75) is 0 Å². The normalized spacial score (nSPS) is 14.9. The number of piperazine rings is 1. The van der Waals surface area contributed by atoms with Crippen molar-refractivity contribution < 1.29 is 9.72 Å². The fourth-order valence-corrected chi connectivity index (χ4v) is 3.15. The van der Waals surface area contributed by atoms with E-state index >= 15 is 0 Å². The molecule has 0 saturated carbocycles. The lowest BCUT2D eigenvalue weighted by molar-refractivity contribution is -0.384. The van der Waals surface area contributed by atoms with Gasteiger partial charge in [-0.2, -0.15) is 0 Å². The number of carbonyl (C=O) groups is 1. The summed E-state index contributed by atoms with van der Waals surface area (Å²) >= 11 is 6.40. The molecule has 1 N–H and O–H groups in total. The van der Waals surface area contributed by atoms with Crippen molar-refractivity contribution in [3.05, 3.63) is 63.2 Å². The minimum atomic E-state index is -0.529. The quantitative estimate of drug-likeness (QED) is 0.656. The topological polar surface area (TPSA) is 78.7 Å². The molecular weight excluding hydrogens is 356 g/mol. The van der Waals surface area contributed by atoms with Gasteiger partial charge in [-0.1, -0.05) is 17.7 Å².